The first-order valence-electron chi connectivity index (χ1n) is 8.92. The number of ether oxygens (including phenoxy) is 1. The fourth-order valence-corrected chi connectivity index (χ4v) is 3.23. The maximum atomic E-state index is 13.7. The molecular weight excluding hydrogens is 476 g/mol. The monoisotopic (exact) mass is 492 g/mol. The third-order valence-electron chi connectivity index (χ3n) is 4.01. The van der Waals surface area contributed by atoms with E-state index in [0.29, 0.717) is 11.6 Å². The van der Waals surface area contributed by atoms with Gasteiger partial charge in [-0.05, 0) is 69.2 Å². The van der Waals surface area contributed by atoms with Crippen LogP contribution in [-0.4, -0.2) is 23.5 Å². The van der Waals surface area contributed by atoms with Crippen molar-refractivity contribution in [2.75, 3.05) is 0 Å². The summed E-state index contributed by atoms with van der Waals surface area (Å²) in [6, 6.07) is 5.90. The predicted octanol–water partition coefficient (Wildman–Crippen LogP) is 7.74. The van der Waals surface area contributed by atoms with Crippen molar-refractivity contribution in [1.29, 1.82) is 0 Å². The van der Waals surface area contributed by atoms with Crippen molar-refractivity contribution in [3.8, 4) is 0 Å². The zero-order valence-electron chi connectivity index (χ0n) is 17.0. The van der Waals surface area contributed by atoms with Gasteiger partial charge in [0.25, 0.3) is 0 Å². The van der Waals surface area contributed by atoms with Crippen molar-refractivity contribution in [1.82, 2.24) is 0 Å². The standard InChI is InChI=1S/C22H18Cl3F3O3/c1-11-7-12(5-6-14(11)20(30)31-21(2,3)4)18(29)10-15(22(26,27)28)13-8-16(23)19(25)17(24)9-13/h5-10H,1-4H3/b15-10+. The van der Waals surface area contributed by atoms with E-state index >= 15 is 0 Å². The molecule has 0 bridgehead atoms. The topological polar surface area (TPSA) is 43.4 Å². The molecule has 0 saturated heterocycles. The van der Waals surface area contributed by atoms with Gasteiger partial charge in [0.05, 0.1) is 26.2 Å². The van der Waals surface area contributed by atoms with Crippen LogP contribution in [0.2, 0.25) is 15.1 Å². The van der Waals surface area contributed by atoms with Gasteiger partial charge in [-0.1, -0.05) is 40.9 Å². The molecule has 0 aliphatic carbocycles. The van der Waals surface area contributed by atoms with Crippen LogP contribution in [0.25, 0.3) is 5.57 Å². The molecule has 0 N–H and O–H groups in total. The van der Waals surface area contributed by atoms with Crippen molar-refractivity contribution < 1.29 is 27.5 Å². The lowest BCUT2D eigenvalue weighted by atomic mass is 9.98. The molecule has 0 radical (unpaired) electrons. The number of benzene rings is 2. The Morgan fingerprint density at radius 2 is 1.48 bits per heavy atom. The van der Waals surface area contributed by atoms with Gasteiger partial charge in [0.15, 0.2) is 5.78 Å². The van der Waals surface area contributed by atoms with E-state index in [9.17, 15) is 22.8 Å². The number of carbonyl (C=O) groups is 2. The van der Waals surface area contributed by atoms with Crippen molar-refractivity contribution in [2.24, 2.45) is 0 Å². The summed E-state index contributed by atoms with van der Waals surface area (Å²) < 4.78 is 46.2. The summed E-state index contributed by atoms with van der Waals surface area (Å²) in [7, 11) is 0. The van der Waals surface area contributed by atoms with Crippen LogP contribution in [-0.2, 0) is 4.74 Å². The van der Waals surface area contributed by atoms with Gasteiger partial charge in [-0.15, -0.1) is 0 Å². The Morgan fingerprint density at radius 1 is 0.935 bits per heavy atom. The molecule has 2 rings (SSSR count). The second-order valence-electron chi connectivity index (χ2n) is 7.71. The number of hydrogen-bond acceptors (Lipinski definition) is 3. The number of halogens is 6. The fourth-order valence-electron chi connectivity index (χ4n) is 2.63. The van der Waals surface area contributed by atoms with Gasteiger partial charge < -0.3 is 4.74 Å². The van der Waals surface area contributed by atoms with Crippen LogP contribution in [0.1, 0.15) is 52.6 Å². The molecular formula is C22H18Cl3F3O3. The number of esters is 1. The summed E-state index contributed by atoms with van der Waals surface area (Å²) >= 11 is 17.5. The van der Waals surface area contributed by atoms with E-state index in [1.165, 1.54) is 18.2 Å². The molecule has 0 heterocycles. The molecule has 2 aromatic rings. The highest BCUT2D eigenvalue weighted by Crippen LogP contribution is 2.39. The lowest BCUT2D eigenvalue weighted by Crippen LogP contribution is -2.24. The molecule has 0 unspecified atom stereocenters. The Hall–Kier alpha value is -2.02. The van der Waals surface area contributed by atoms with Gasteiger partial charge >= 0.3 is 12.1 Å². The van der Waals surface area contributed by atoms with Crippen molar-refractivity contribution in [2.45, 2.75) is 39.5 Å². The second-order valence-corrected chi connectivity index (χ2v) is 8.90. The Morgan fingerprint density at radius 3 is 1.94 bits per heavy atom. The number of allylic oxidation sites excluding steroid dienone is 2. The number of hydrogen-bond donors (Lipinski definition) is 0. The van der Waals surface area contributed by atoms with E-state index in [4.69, 9.17) is 39.5 Å². The summed E-state index contributed by atoms with van der Waals surface area (Å²) in [5.74, 6) is -1.51. The first-order chi connectivity index (χ1) is 14.1. The van der Waals surface area contributed by atoms with Gasteiger partial charge in [-0.3, -0.25) is 4.79 Å². The summed E-state index contributed by atoms with van der Waals surface area (Å²) in [4.78, 5) is 24.8. The molecule has 0 spiro atoms. The highest BCUT2D eigenvalue weighted by atomic mass is 35.5. The molecule has 3 nitrogen and oxygen atoms in total. The van der Waals surface area contributed by atoms with E-state index < -0.39 is 34.7 Å². The van der Waals surface area contributed by atoms with Gasteiger partial charge in [0, 0.05) is 5.56 Å². The zero-order valence-corrected chi connectivity index (χ0v) is 19.2. The summed E-state index contributed by atoms with van der Waals surface area (Å²) in [6.07, 6.45) is -4.40. The molecule has 2 aromatic carbocycles. The summed E-state index contributed by atoms with van der Waals surface area (Å²) in [5.41, 5.74) is -1.78. The van der Waals surface area contributed by atoms with Crippen LogP contribution in [0.5, 0.6) is 0 Å². The maximum absolute atomic E-state index is 13.7. The third-order valence-corrected chi connectivity index (χ3v) is 5.20. The highest BCUT2D eigenvalue weighted by molar-refractivity contribution is 6.48. The van der Waals surface area contributed by atoms with Crippen LogP contribution in [0, 0.1) is 6.92 Å². The summed E-state index contributed by atoms with van der Waals surface area (Å²) in [6.45, 7) is 6.67. The first-order valence-corrected chi connectivity index (χ1v) is 10.1. The lowest BCUT2D eigenvalue weighted by Gasteiger charge is -2.20. The van der Waals surface area contributed by atoms with E-state index in [1.807, 2.05) is 0 Å². The Bertz CT molecular complexity index is 1040. The van der Waals surface area contributed by atoms with E-state index in [-0.39, 0.29) is 26.2 Å². The third kappa shape index (κ3) is 6.48. The molecule has 0 saturated carbocycles. The molecule has 0 aromatic heterocycles. The van der Waals surface area contributed by atoms with Crippen LogP contribution in [0.15, 0.2) is 36.4 Å². The maximum Gasteiger partial charge on any atom is 0.417 e. The zero-order chi connectivity index (χ0) is 23.7. The number of carbonyl (C=O) groups excluding carboxylic acids is 2. The minimum atomic E-state index is -4.86. The second kappa shape index (κ2) is 9.23. The van der Waals surface area contributed by atoms with Crippen molar-refractivity contribution in [3.05, 3.63) is 73.7 Å². The highest BCUT2D eigenvalue weighted by Gasteiger charge is 2.36. The van der Waals surface area contributed by atoms with Crippen molar-refractivity contribution >= 4 is 52.1 Å². The average molecular weight is 494 g/mol. The van der Waals surface area contributed by atoms with E-state index in [0.717, 1.165) is 12.1 Å². The van der Waals surface area contributed by atoms with Crippen molar-refractivity contribution in [3.63, 3.8) is 0 Å². The molecule has 0 atom stereocenters. The summed E-state index contributed by atoms with van der Waals surface area (Å²) in [5, 5.41) is -0.443. The molecule has 9 heteroatoms. The minimum absolute atomic E-state index is 0.0299. The van der Waals surface area contributed by atoms with Gasteiger partial charge in [-0.2, -0.15) is 13.2 Å². The Balaban J connectivity index is 2.46. The van der Waals surface area contributed by atoms with Gasteiger partial charge in [-0.25, -0.2) is 4.79 Å². The van der Waals surface area contributed by atoms with Crippen LogP contribution < -0.4 is 0 Å². The molecule has 31 heavy (non-hydrogen) atoms. The molecule has 0 aliphatic heterocycles. The smallest absolute Gasteiger partial charge is 0.417 e. The Kier molecular flexibility index (Phi) is 7.51. The largest absolute Gasteiger partial charge is 0.456 e. The minimum Gasteiger partial charge on any atom is -0.456 e. The SMILES string of the molecule is Cc1cc(C(=O)/C=C(\c2cc(Cl)c(Cl)c(Cl)c2)C(F)(F)F)ccc1C(=O)OC(C)(C)C. The number of aryl methyl sites for hydroxylation is 1. The number of alkyl halides is 3. The Labute approximate surface area is 192 Å². The van der Waals surface area contributed by atoms with E-state index in [1.54, 1.807) is 27.7 Å². The first kappa shape index (κ1) is 25.2. The van der Waals surface area contributed by atoms with Gasteiger partial charge in [0.1, 0.15) is 5.60 Å². The van der Waals surface area contributed by atoms with Crippen LogP contribution in [0.4, 0.5) is 13.2 Å². The average Bonchev–Trinajstić information content (AvgIpc) is 2.60. The number of ketones is 1. The fraction of sp³-hybridized carbons (Fsp3) is 0.273. The quantitative estimate of drug-likeness (QED) is 0.189. The molecule has 0 aliphatic rings. The predicted molar refractivity (Wildman–Crippen MR) is 116 cm³/mol. The van der Waals surface area contributed by atoms with E-state index in [2.05, 4.69) is 0 Å². The van der Waals surface area contributed by atoms with Gasteiger partial charge in [0.2, 0.25) is 0 Å². The van der Waals surface area contributed by atoms with Crippen LogP contribution in [0.3, 0.4) is 0 Å². The molecule has 166 valence electrons. The number of rotatable bonds is 4. The molecule has 0 fully saturated rings. The molecule has 0 amide bonds. The van der Waals surface area contributed by atoms with Crippen LogP contribution >= 0.6 is 34.8 Å². The normalized spacial score (nSPS) is 12.6. The lowest BCUT2D eigenvalue weighted by molar-refractivity contribution is -0.0689.